The Morgan fingerprint density at radius 2 is 1.95 bits per heavy atom. The summed E-state index contributed by atoms with van der Waals surface area (Å²) in [6, 6.07) is 8.80. The lowest BCUT2D eigenvalue weighted by atomic mass is 9.98. The van der Waals surface area contributed by atoms with Crippen molar-refractivity contribution in [1.82, 2.24) is 5.32 Å². The molecule has 0 spiro atoms. The maximum absolute atomic E-state index is 11.8. The van der Waals surface area contributed by atoms with Gasteiger partial charge in [-0.1, -0.05) is 19.1 Å². The van der Waals surface area contributed by atoms with Crippen molar-refractivity contribution in [2.75, 3.05) is 13.2 Å². The zero-order chi connectivity index (χ0) is 15.0. The summed E-state index contributed by atoms with van der Waals surface area (Å²) in [6.45, 7) is 1.13. The average Bonchev–Trinajstić information content (AvgIpc) is 2.51. The van der Waals surface area contributed by atoms with E-state index in [1.807, 2.05) is 6.07 Å². The van der Waals surface area contributed by atoms with E-state index in [-0.39, 0.29) is 19.1 Å². The van der Waals surface area contributed by atoms with Crippen LogP contribution in [0.1, 0.15) is 24.5 Å². The Morgan fingerprint density at radius 3 is 2.40 bits per heavy atom. The van der Waals surface area contributed by atoms with E-state index in [0.717, 1.165) is 5.56 Å². The van der Waals surface area contributed by atoms with Crippen molar-refractivity contribution in [3.63, 3.8) is 0 Å². The quantitative estimate of drug-likeness (QED) is 0.669. The molecule has 0 radical (unpaired) electrons. The SMILES string of the molecule is CCC(CO)(CO)NC(=O)/C=C/c1ccc(C#N)cc1. The molecule has 0 atom stereocenters. The Hall–Kier alpha value is -2.16. The number of aliphatic hydroxyl groups is 2. The van der Waals surface area contributed by atoms with E-state index in [1.54, 1.807) is 37.3 Å². The van der Waals surface area contributed by atoms with Crippen molar-refractivity contribution >= 4 is 12.0 Å². The summed E-state index contributed by atoms with van der Waals surface area (Å²) in [5, 5.41) is 29.7. The minimum Gasteiger partial charge on any atom is -0.394 e. The third-order valence-corrected chi connectivity index (χ3v) is 3.14. The second-order valence-electron chi connectivity index (χ2n) is 4.51. The summed E-state index contributed by atoms with van der Waals surface area (Å²) in [4.78, 5) is 11.8. The van der Waals surface area contributed by atoms with Crippen molar-refractivity contribution in [3.8, 4) is 6.07 Å². The molecule has 0 heterocycles. The molecule has 3 N–H and O–H groups in total. The van der Waals surface area contributed by atoms with Gasteiger partial charge >= 0.3 is 0 Å². The van der Waals surface area contributed by atoms with E-state index in [9.17, 15) is 15.0 Å². The molecule has 0 aliphatic rings. The molecule has 0 unspecified atom stereocenters. The molecule has 1 aromatic carbocycles. The Labute approximate surface area is 118 Å². The van der Waals surface area contributed by atoms with Crippen LogP contribution in [0, 0.1) is 11.3 Å². The summed E-state index contributed by atoms with van der Waals surface area (Å²) < 4.78 is 0. The number of hydrogen-bond acceptors (Lipinski definition) is 4. The largest absolute Gasteiger partial charge is 0.394 e. The Bertz CT molecular complexity index is 503. The third-order valence-electron chi connectivity index (χ3n) is 3.14. The van der Waals surface area contributed by atoms with Crippen LogP contribution in [-0.2, 0) is 4.79 Å². The fraction of sp³-hybridized carbons (Fsp3) is 0.333. The fourth-order valence-electron chi connectivity index (χ4n) is 1.58. The number of carbonyl (C=O) groups is 1. The van der Waals surface area contributed by atoms with E-state index in [0.29, 0.717) is 12.0 Å². The van der Waals surface area contributed by atoms with E-state index < -0.39 is 5.54 Å². The molecular formula is C15H18N2O3. The predicted molar refractivity (Wildman–Crippen MR) is 75.5 cm³/mol. The lowest BCUT2D eigenvalue weighted by Gasteiger charge is -2.28. The van der Waals surface area contributed by atoms with Crippen molar-refractivity contribution < 1.29 is 15.0 Å². The molecule has 0 aliphatic heterocycles. The molecule has 1 rings (SSSR count). The maximum atomic E-state index is 11.8. The molecule has 1 aromatic rings. The summed E-state index contributed by atoms with van der Waals surface area (Å²) in [7, 11) is 0. The number of nitriles is 1. The van der Waals surface area contributed by atoms with Gasteiger partial charge in [-0.2, -0.15) is 5.26 Å². The highest BCUT2D eigenvalue weighted by Crippen LogP contribution is 2.09. The fourth-order valence-corrected chi connectivity index (χ4v) is 1.58. The first-order valence-electron chi connectivity index (χ1n) is 6.31. The van der Waals surface area contributed by atoms with E-state index >= 15 is 0 Å². The van der Waals surface area contributed by atoms with Gasteiger partial charge in [-0.15, -0.1) is 0 Å². The Kier molecular flexibility index (Phi) is 5.91. The van der Waals surface area contributed by atoms with Crippen molar-refractivity contribution in [2.45, 2.75) is 18.9 Å². The highest BCUT2D eigenvalue weighted by Gasteiger charge is 2.27. The molecule has 0 fully saturated rings. The highest BCUT2D eigenvalue weighted by molar-refractivity contribution is 5.92. The molecule has 5 heteroatoms. The van der Waals surface area contributed by atoms with Gasteiger partial charge in [0, 0.05) is 6.08 Å². The zero-order valence-corrected chi connectivity index (χ0v) is 11.3. The number of amides is 1. The number of nitrogens with one attached hydrogen (secondary N) is 1. The van der Waals surface area contributed by atoms with Crippen molar-refractivity contribution in [2.24, 2.45) is 0 Å². The minimum absolute atomic E-state index is 0.323. The topological polar surface area (TPSA) is 93.3 Å². The van der Waals surface area contributed by atoms with Gasteiger partial charge in [-0.05, 0) is 30.2 Å². The van der Waals surface area contributed by atoms with Crippen LogP contribution in [0.5, 0.6) is 0 Å². The zero-order valence-electron chi connectivity index (χ0n) is 11.3. The summed E-state index contributed by atoms with van der Waals surface area (Å²) in [5.41, 5.74) is 0.345. The lowest BCUT2D eigenvalue weighted by molar-refractivity contribution is -0.119. The molecule has 0 saturated heterocycles. The number of rotatable bonds is 6. The minimum atomic E-state index is -0.994. The summed E-state index contributed by atoms with van der Waals surface area (Å²) >= 11 is 0. The van der Waals surface area contributed by atoms with Crippen molar-refractivity contribution in [3.05, 3.63) is 41.5 Å². The van der Waals surface area contributed by atoms with Crippen LogP contribution in [0.2, 0.25) is 0 Å². The van der Waals surface area contributed by atoms with Crippen LogP contribution in [-0.4, -0.2) is 34.9 Å². The van der Waals surface area contributed by atoms with Gasteiger partial charge in [-0.3, -0.25) is 4.79 Å². The highest BCUT2D eigenvalue weighted by atomic mass is 16.3. The molecule has 5 nitrogen and oxygen atoms in total. The average molecular weight is 274 g/mol. The van der Waals surface area contributed by atoms with Gasteiger partial charge in [0.25, 0.3) is 0 Å². The van der Waals surface area contributed by atoms with Crippen LogP contribution in [0.3, 0.4) is 0 Å². The standard InChI is InChI=1S/C15H18N2O3/c1-2-15(10-18,11-19)17-14(20)8-7-12-3-5-13(9-16)6-4-12/h3-8,18-19H,2,10-11H2,1H3,(H,17,20)/b8-7+. The van der Waals surface area contributed by atoms with E-state index in [1.165, 1.54) is 6.08 Å². The monoisotopic (exact) mass is 274 g/mol. The number of aliphatic hydroxyl groups excluding tert-OH is 2. The number of carbonyl (C=O) groups excluding carboxylic acids is 1. The van der Waals surface area contributed by atoms with Crippen LogP contribution >= 0.6 is 0 Å². The molecule has 20 heavy (non-hydrogen) atoms. The number of hydrogen-bond donors (Lipinski definition) is 3. The normalized spacial score (nSPS) is 11.3. The first kappa shape index (κ1) is 15.9. The second kappa shape index (κ2) is 7.43. The van der Waals surface area contributed by atoms with Gasteiger partial charge in [0.1, 0.15) is 0 Å². The van der Waals surface area contributed by atoms with E-state index in [4.69, 9.17) is 5.26 Å². The number of nitrogens with zero attached hydrogens (tertiary/aromatic N) is 1. The Balaban J connectivity index is 2.69. The van der Waals surface area contributed by atoms with Crippen molar-refractivity contribution in [1.29, 1.82) is 5.26 Å². The number of benzene rings is 1. The lowest BCUT2D eigenvalue weighted by Crippen LogP contribution is -2.53. The molecule has 106 valence electrons. The molecule has 0 bridgehead atoms. The second-order valence-corrected chi connectivity index (χ2v) is 4.51. The first-order valence-corrected chi connectivity index (χ1v) is 6.31. The van der Waals surface area contributed by atoms with Gasteiger partial charge in [0.05, 0.1) is 30.4 Å². The van der Waals surface area contributed by atoms with Gasteiger partial charge in [0.15, 0.2) is 0 Å². The van der Waals surface area contributed by atoms with E-state index in [2.05, 4.69) is 5.32 Å². The smallest absolute Gasteiger partial charge is 0.244 e. The summed E-state index contributed by atoms with van der Waals surface area (Å²) in [5.74, 6) is -0.390. The van der Waals surface area contributed by atoms with Crippen LogP contribution < -0.4 is 5.32 Å². The predicted octanol–water partition coefficient (Wildman–Crippen LogP) is 0.821. The first-order chi connectivity index (χ1) is 9.59. The molecular weight excluding hydrogens is 256 g/mol. The third kappa shape index (κ3) is 4.19. The van der Waals surface area contributed by atoms with Gasteiger partial charge in [0.2, 0.25) is 5.91 Å². The Morgan fingerprint density at radius 1 is 1.35 bits per heavy atom. The molecule has 0 aromatic heterocycles. The van der Waals surface area contributed by atoms with Crippen LogP contribution in [0.25, 0.3) is 6.08 Å². The van der Waals surface area contributed by atoms with Gasteiger partial charge in [-0.25, -0.2) is 0 Å². The molecule has 0 saturated carbocycles. The molecule has 0 aliphatic carbocycles. The van der Waals surface area contributed by atoms with Crippen LogP contribution in [0.4, 0.5) is 0 Å². The van der Waals surface area contributed by atoms with Crippen LogP contribution in [0.15, 0.2) is 30.3 Å². The molecule has 1 amide bonds. The van der Waals surface area contributed by atoms with Gasteiger partial charge < -0.3 is 15.5 Å². The summed E-state index contributed by atoms with van der Waals surface area (Å²) in [6.07, 6.45) is 3.36. The maximum Gasteiger partial charge on any atom is 0.244 e.